The van der Waals surface area contributed by atoms with E-state index in [0.29, 0.717) is 90.9 Å². The van der Waals surface area contributed by atoms with Gasteiger partial charge in [0.15, 0.2) is 0 Å². The summed E-state index contributed by atoms with van der Waals surface area (Å²) in [7, 11) is 0. The highest BCUT2D eigenvalue weighted by atomic mass is 16.6. The molecule has 1 saturated heterocycles. The monoisotopic (exact) mass is 1560 g/mol. The molecular formula is C94H184N4O12. The standard InChI is InChI=1S/C94H184N4O12/c1-9-17-33-51-83(52-34-18-10-2)59-41-25-29-45-63-91(103)107-79-87(99)75-95-67-49-68-97(77-89(101)81-109-93(105)65-47-31-27-43-61-85(55-37-21-13-5)56-38-22-14-6)73-74-98(78-90(102)82-110-94(106)66-48-32-28-44-62-86(57-39-23-15-7)58-40-24-16-8)70-50-69-96(72-71-95)76-88(100)80-108-92(104)64-46-30-26-42-60-84(53-35-19-11-3)54-36-20-12-4/h83-90,99-102H,9-82H2,1-8H3. The lowest BCUT2D eigenvalue weighted by molar-refractivity contribution is -0.148. The fraction of sp³-hybridized carbons (Fsp3) is 0.957. The van der Waals surface area contributed by atoms with Gasteiger partial charge in [0, 0.05) is 78.0 Å². The van der Waals surface area contributed by atoms with E-state index in [4.69, 9.17) is 18.9 Å². The molecule has 1 aliphatic heterocycles. The average Bonchev–Trinajstić information content (AvgIpc) is 0.903. The number of carbonyl (C=O) groups excluding carboxylic acids is 4. The molecule has 4 atom stereocenters. The van der Waals surface area contributed by atoms with Crippen LogP contribution in [0.2, 0.25) is 0 Å². The molecule has 16 nitrogen and oxygen atoms in total. The summed E-state index contributed by atoms with van der Waals surface area (Å²) in [5.41, 5.74) is 0. The van der Waals surface area contributed by atoms with Gasteiger partial charge in [-0.2, -0.15) is 0 Å². The van der Waals surface area contributed by atoms with Crippen molar-refractivity contribution in [3.8, 4) is 0 Å². The van der Waals surface area contributed by atoms with E-state index in [1.165, 1.54) is 257 Å². The molecule has 0 spiro atoms. The average molecular weight is 1560 g/mol. The van der Waals surface area contributed by atoms with Gasteiger partial charge in [-0.3, -0.25) is 38.8 Å². The highest BCUT2D eigenvalue weighted by Gasteiger charge is 2.24. The van der Waals surface area contributed by atoms with Crippen molar-refractivity contribution in [2.24, 2.45) is 23.7 Å². The number of hydrogen-bond donors (Lipinski definition) is 4. The van der Waals surface area contributed by atoms with Crippen LogP contribution in [0.25, 0.3) is 0 Å². The van der Waals surface area contributed by atoms with E-state index in [1.54, 1.807) is 0 Å². The van der Waals surface area contributed by atoms with E-state index < -0.39 is 24.4 Å². The Kier molecular flexibility index (Phi) is 74.6. The minimum atomic E-state index is -0.926. The number of hydrogen-bond acceptors (Lipinski definition) is 16. The van der Waals surface area contributed by atoms with Crippen LogP contribution in [0.3, 0.4) is 0 Å². The first-order valence-electron chi connectivity index (χ1n) is 47.9. The Balaban J connectivity index is 3.28. The molecule has 0 aromatic carbocycles. The number of aliphatic hydroxyl groups is 4. The lowest BCUT2D eigenvalue weighted by atomic mass is 9.90. The zero-order valence-electron chi connectivity index (χ0n) is 73.8. The van der Waals surface area contributed by atoms with Gasteiger partial charge in [-0.25, -0.2) is 0 Å². The van der Waals surface area contributed by atoms with Gasteiger partial charge >= 0.3 is 23.9 Å². The number of rotatable bonds is 76. The number of ether oxygens (including phenoxy) is 4. The minimum absolute atomic E-state index is 0.102. The number of aliphatic hydroxyl groups excluding tert-OH is 4. The Hall–Kier alpha value is -2.44. The SMILES string of the molecule is CCCCCC(CCCCC)CCCCCCC(=O)OCC(O)CN1CCCN(CC(O)COC(=O)CCCCCCC(CCCCC)CCCCC)CCN(CC(O)COC(=O)CCCCCCC(CCCCC)CCCCC)CCCN(CC(O)COC(=O)CCCCCCC(CCCCC)CCCCC)CC1. The first-order chi connectivity index (χ1) is 53.6. The molecule has 0 aromatic rings. The topological polar surface area (TPSA) is 199 Å². The molecule has 1 heterocycles. The molecule has 0 aromatic heterocycles. The quantitative estimate of drug-likeness (QED) is 0.0254. The van der Waals surface area contributed by atoms with E-state index in [2.05, 4.69) is 75.0 Å². The number of nitrogens with zero attached hydrogens (tertiary/aromatic N) is 4. The molecule has 1 aliphatic rings. The van der Waals surface area contributed by atoms with Crippen LogP contribution < -0.4 is 0 Å². The molecule has 1 fully saturated rings. The predicted octanol–water partition coefficient (Wildman–Crippen LogP) is 22.1. The molecule has 1 rings (SSSR count). The predicted molar refractivity (Wildman–Crippen MR) is 461 cm³/mol. The van der Waals surface area contributed by atoms with Crippen LogP contribution in [-0.4, -0.2) is 193 Å². The summed E-state index contributed by atoms with van der Waals surface area (Å²) in [6.07, 6.45) is 62.1. The number of β-amino-alcohol motifs (C(OH)–C–C–N with tert-alkyl or cyclic N) is 4. The summed E-state index contributed by atoms with van der Waals surface area (Å²) in [4.78, 5) is 61.4. The molecule has 4 unspecified atom stereocenters. The third-order valence-electron chi connectivity index (χ3n) is 23.7. The van der Waals surface area contributed by atoms with Crippen LogP contribution >= 0.6 is 0 Å². The summed E-state index contributed by atoms with van der Waals surface area (Å²) >= 11 is 0. The molecule has 4 N–H and O–H groups in total. The summed E-state index contributed by atoms with van der Waals surface area (Å²) in [5.74, 6) is 2.10. The van der Waals surface area contributed by atoms with Gasteiger partial charge in [0.05, 0.1) is 0 Å². The van der Waals surface area contributed by atoms with Gasteiger partial charge in [0.2, 0.25) is 0 Å². The van der Waals surface area contributed by atoms with E-state index in [-0.39, 0.29) is 76.5 Å². The van der Waals surface area contributed by atoms with Crippen molar-refractivity contribution in [1.29, 1.82) is 0 Å². The normalized spacial score (nSPS) is 15.4. The number of unbranched alkanes of at least 4 members (excludes halogenated alkanes) is 28. The maximum atomic E-state index is 13.1. The maximum Gasteiger partial charge on any atom is 0.305 e. The van der Waals surface area contributed by atoms with E-state index >= 15 is 0 Å². The summed E-state index contributed by atoms with van der Waals surface area (Å²) < 4.78 is 23.0. The van der Waals surface area contributed by atoms with Crippen molar-refractivity contribution >= 4 is 23.9 Å². The van der Waals surface area contributed by atoms with Crippen LogP contribution in [0.4, 0.5) is 0 Å². The number of esters is 4. The number of carbonyl (C=O) groups is 4. The fourth-order valence-electron chi connectivity index (χ4n) is 16.6. The van der Waals surface area contributed by atoms with E-state index in [9.17, 15) is 39.6 Å². The Labute approximate surface area is 679 Å². The molecule has 652 valence electrons. The smallest absolute Gasteiger partial charge is 0.305 e. The van der Waals surface area contributed by atoms with Crippen molar-refractivity contribution in [3.05, 3.63) is 0 Å². The van der Waals surface area contributed by atoms with Gasteiger partial charge in [-0.1, -0.05) is 364 Å². The maximum absolute atomic E-state index is 13.1. The molecule has 0 bridgehead atoms. The van der Waals surface area contributed by atoms with Gasteiger partial charge in [-0.05, 0) is 88.4 Å². The third-order valence-corrected chi connectivity index (χ3v) is 23.7. The van der Waals surface area contributed by atoms with Gasteiger partial charge in [0.1, 0.15) is 50.8 Å². The third kappa shape index (κ3) is 66.7. The molecule has 0 radical (unpaired) electrons. The Morgan fingerprint density at radius 2 is 0.382 bits per heavy atom. The van der Waals surface area contributed by atoms with Crippen LogP contribution in [0, 0.1) is 23.7 Å². The van der Waals surface area contributed by atoms with Crippen molar-refractivity contribution in [2.45, 2.75) is 452 Å². The van der Waals surface area contributed by atoms with Crippen LogP contribution in [-0.2, 0) is 38.1 Å². The highest BCUT2D eigenvalue weighted by Crippen LogP contribution is 2.29. The van der Waals surface area contributed by atoms with Crippen molar-refractivity contribution < 1.29 is 58.6 Å². The van der Waals surface area contributed by atoms with Crippen LogP contribution in [0.5, 0.6) is 0 Å². The first-order valence-corrected chi connectivity index (χ1v) is 47.9. The van der Waals surface area contributed by atoms with E-state index in [0.717, 1.165) is 101 Å². The Bertz CT molecular complexity index is 1710. The van der Waals surface area contributed by atoms with Crippen molar-refractivity contribution in [2.75, 3.05) is 105 Å². The fourth-order valence-corrected chi connectivity index (χ4v) is 16.6. The molecule has 110 heavy (non-hydrogen) atoms. The van der Waals surface area contributed by atoms with Crippen molar-refractivity contribution in [1.82, 2.24) is 19.6 Å². The minimum Gasteiger partial charge on any atom is -0.463 e. The second-order valence-corrected chi connectivity index (χ2v) is 34.5. The van der Waals surface area contributed by atoms with Crippen LogP contribution in [0.1, 0.15) is 428 Å². The highest BCUT2D eigenvalue weighted by molar-refractivity contribution is 5.70. The zero-order valence-corrected chi connectivity index (χ0v) is 73.8. The largest absolute Gasteiger partial charge is 0.463 e. The second kappa shape index (κ2) is 77.8. The van der Waals surface area contributed by atoms with Gasteiger partial charge < -0.3 is 39.4 Å². The zero-order chi connectivity index (χ0) is 80.4. The molecule has 0 saturated carbocycles. The van der Waals surface area contributed by atoms with E-state index in [1.807, 2.05) is 0 Å². The van der Waals surface area contributed by atoms with Crippen LogP contribution in [0.15, 0.2) is 0 Å². The Morgan fingerprint density at radius 3 is 0.545 bits per heavy atom. The molecule has 16 heteroatoms. The molecule has 0 aliphatic carbocycles. The Morgan fingerprint density at radius 1 is 0.227 bits per heavy atom. The van der Waals surface area contributed by atoms with Gasteiger partial charge in [0.25, 0.3) is 0 Å². The summed E-state index contributed by atoms with van der Waals surface area (Å²) in [6.45, 7) is 23.4. The molecule has 0 amide bonds. The first kappa shape index (κ1) is 106. The summed E-state index contributed by atoms with van der Waals surface area (Å²) in [5, 5.41) is 46.4. The molecular weight excluding hydrogens is 1380 g/mol. The van der Waals surface area contributed by atoms with Gasteiger partial charge in [-0.15, -0.1) is 0 Å². The lowest BCUT2D eigenvalue weighted by Gasteiger charge is -2.34. The second-order valence-electron chi connectivity index (χ2n) is 34.5. The van der Waals surface area contributed by atoms with Crippen molar-refractivity contribution in [3.63, 3.8) is 0 Å². The summed E-state index contributed by atoms with van der Waals surface area (Å²) in [6, 6.07) is 0. The lowest BCUT2D eigenvalue weighted by Crippen LogP contribution is -2.47.